The minimum atomic E-state index is -0.506. The Hall–Kier alpha value is -1.22. The molecule has 0 aliphatic carbocycles. The smallest absolute Gasteiger partial charge is 0.270 e. The van der Waals surface area contributed by atoms with Crippen LogP contribution in [0.15, 0.2) is 18.2 Å². The van der Waals surface area contributed by atoms with Gasteiger partial charge in [-0.25, -0.2) is 0 Å². The van der Waals surface area contributed by atoms with Gasteiger partial charge in [0.1, 0.15) is 0 Å². The molecule has 19 heavy (non-hydrogen) atoms. The number of benzene rings is 1. The second-order valence-electron chi connectivity index (χ2n) is 4.91. The molecule has 0 radical (unpaired) electrons. The van der Waals surface area contributed by atoms with Crippen molar-refractivity contribution in [1.29, 1.82) is 0 Å². The Labute approximate surface area is 123 Å². The number of amides is 1. The number of hydrogen-bond acceptors (Lipinski definition) is 4. The molecule has 2 rings (SSSR count). The number of rotatable bonds is 4. The van der Waals surface area contributed by atoms with Crippen LogP contribution < -0.4 is 5.32 Å². The van der Waals surface area contributed by atoms with Gasteiger partial charge >= 0.3 is 0 Å². The summed E-state index contributed by atoms with van der Waals surface area (Å²) >= 11 is 1.99. The minimum absolute atomic E-state index is 0.0260. The zero-order valence-electron chi connectivity index (χ0n) is 10.3. The first kappa shape index (κ1) is 14.2. The number of halogens is 1. The van der Waals surface area contributed by atoms with Gasteiger partial charge in [-0.1, -0.05) is 6.92 Å². The van der Waals surface area contributed by atoms with Crippen molar-refractivity contribution in [2.24, 2.45) is 5.41 Å². The van der Waals surface area contributed by atoms with E-state index in [0.717, 1.165) is 0 Å². The van der Waals surface area contributed by atoms with E-state index in [0.29, 0.717) is 28.9 Å². The van der Waals surface area contributed by atoms with Crippen molar-refractivity contribution >= 4 is 34.2 Å². The van der Waals surface area contributed by atoms with E-state index >= 15 is 0 Å². The van der Waals surface area contributed by atoms with Crippen LogP contribution in [0.2, 0.25) is 0 Å². The van der Waals surface area contributed by atoms with Gasteiger partial charge in [0.15, 0.2) is 0 Å². The molecule has 1 fully saturated rings. The van der Waals surface area contributed by atoms with Gasteiger partial charge in [-0.15, -0.1) is 0 Å². The molecule has 0 bridgehead atoms. The summed E-state index contributed by atoms with van der Waals surface area (Å²) < 4.78 is 5.80. The third kappa shape index (κ3) is 3.21. The molecule has 102 valence electrons. The van der Waals surface area contributed by atoms with Crippen LogP contribution in [0.4, 0.5) is 5.69 Å². The van der Waals surface area contributed by atoms with Crippen molar-refractivity contribution in [1.82, 2.24) is 5.32 Å². The Bertz CT molecular complexity index is 528. The van der Waals surface area contributed by atoms with E-state index in [2.05, 4.69) is 5.32 Å². The van der Waals surface area contributed by atoms with E-state index in [1.165, 1.54) is 12.1 Å². The number of nitrogens with zero attached hydrogens (tertiary/aromatic N) is 1. The molecule has 0 spiro atoms. The van der Waals surface area contributed by atoms with Crippen molar-refractivity contribution in [3.63, 3.8) is 0 Å². The highest BCUT2D eigenvalue weighted by Gasteiger charge is 2.33. The second-order valence-corrected chi connectivity index (χ2v) is 6.07. The lowest BCUT2D eigenvalue weighted by Crippen LogP contribution is -2.48. The van der Waals surface area contributed by atoms with Gasteiger partial charge in [0.25, 0.3) is 11.6 Å². The maximum absolute atomic E-state index is 12.0. The summed E-state index contributed by atoms with van der Waals surface area (Å²) in [6.45, 7) is 3.78. The number of carbonyl (C=O) groups is 1. The molecule has 7 heteroatoms. The summed E-state index contributed by atoms with van der Waals surface area (Å²) in [5.74, 6) is -0.291. The van der Waals surface area contributed by atoms with Crippen LogP contribution in [0.3, 0.4) is 0 Å². The Morgan fingerprint density at radius 2 is 2.26 bits per heavy atom. The van der Waals surface area contributed by atoms with Crippen LogP contribution in [0, 0.1) is 19.1 Å². The lowest BCUT2D eigenvalue weighted by molar-refractivity contribution is -0.384. The third-order valence-electron chi connectivity index (χ3n) is 2.98. The molecule has 1 N–H and O–H groups in total. The first-order valence-electron chi connectivity index (χ1n) is 5.71. The van der Waals surface area contributed by atoms with E-state index in [4.69, 9.17) is 4.74 Å². The number of ether oxygens (including phenoxy) is 1. The molecule has 0 saturated carbocycles. The van der Waals surface area contributed by atoms with E-state index in [1.807, 2.05) is 29.5 Å². The van der Waals surface area contributed by atoms with Gasteiger partial charge in [-0.2, -0.15) is 0 Å². The van der Waals surface area contributed by atoms with E-state index < -0.39 is 4.92 Å². The average Bonchev–Trinajstić information content (AvgIpc) is 2.34. The molecule has 1 amide bonds. The number of nitro groups is 1. The highest BCUT2D eigenvalue weighted by atomic mass is 127. The van der Waals surface area contributed by atoms with Crippen molar-refractivity contribution in [3.05, 3.63) is 37.4 Å². The van der Waals surface area contributed by atoms with E-state index in [1.54, 1.807) is 6.07 Å². The van der Waals surface area contributed by atoms with Crippen molar-refractivity contribution in [2.45, 2.75) is 6.92 Å². The van der Waals surface area contributed by atoms with Crippen LogP contribution in [0.5, 0.6) is 0 Å². The maximum atomic E-state index is 12.0. The molecule has 1 aliphatic rings. The predicted molar refractivity (Wildman–Crippen MR) is 77.1 cm³/mol. The molecule has 1 heterocycles. The summed E-state index contributed by atoms with van der Waals surface area (Å²) in [6, 6.07) is 4.26. The molecule has 1 aromatic rings. The lowest BCUT2D eigenvalue weighted by atomic mass is 9.88. The first-order valence-corrected chi connectivity index (χ1v) is 6.79. The van der Waals surface area contributed by atoms with Gasteiger partial charge in [-0.3, -0.25) is 14.9 Å². The maximum Gasteiger partial charge on any atom is 0.270 e. The van der Waals surface area contributed by atoms with E-state index in [-0.39, 0.29) is 17.0 Å². The monoisotopic (exact) mass is 376 g/mol. The quantitative estimate of drug-likeness (QED) is 0.495. The normalized spacial score (nSPS) is 16.5. The fourth-order valence-electron chi connectivity index (χ4n) is 1.74. The van der Waals surface area contributed by atoms with Gasteiger partial charge in [-0.05, 0) is 28.7 Å². The zero-order chi connectivity index (χ0) is 14.0. The molecule has 1 saturated heterocycles. The average molecular weight is 376 g/mol. The lowest BCUT2D eigenvalue weighted by Gasteiger charge is -2.38. The first-order chi connectivity index (χ1) is 8.91. The molecule has 1 aromatic carbocycles. The number of carbonyl (C=O) groups excluding carboxylic acids is 1. The Kier molecular flexibility index (Phi) is 4.04. The fourth-order valence-corrected chi connectivity index (χ4v) is 2.32. The highest BCUT2D eigenvalue weighted by Crippen LogP contribution is 2.25. The molecular formula is C12H13IN2O4. The van der Waals surface area contributed by atoms with Crippen LogP contribution >= 0.6 is 22.6 Å². The Morgan fingerprint density at radius 3 is 2.79 bits per heavy atom. The molecule has 6 nitrogen and oxygen atoms in total. The van der Waals surface area contributed by atoms with Gasteiger partial charge in [0.05, 0.1) is 23.7 Å². The third-order valence-corrected chi connectivity index (χ3v) is 3.92. The standard InChI is InChI=1S/C12H13IN2O4/c1-12(6-19-7-12)5-14-11(16)9-4-8(15(17)18)2-3-10(9)13/h2-4H,5-7H2,1H3,(H,14,16). The summed E-state index contributed by atoms with van der Waals surface area (Å²) in [6.07, 6.45) is 0. The SMILES string of the molecule is CC1(CNC(=O)c2cc([N+](=O)[O-])ccc2I)COC1. The summed E-state index contributed by atoms with van der Waals surface area (Å²) in [5.41, 5.74) is 0.226. The zero-order valence-corrected chi connectivity index (χ0v) is 12.5. The summed E-state index contributed by atoms with van der Waals surface area (Å²) in [5, 5.41) is 13.5. The van der Waals surface area contributed by atoms with Gasteiger partial charge in [0, 0.05) is 27.7 Å². The number of hydrogen-bond donors (Lipinski definition) is 1. The number of nitrogens with one attached hydrogen (secondary N) is 1. The largest absolute Gasteiger partial charge is 0.380 e. The Morgan fingerprint density at radius 1 is 1.58 bits per heavy atom. The molecule has 1 aliphatic heterocycles. The molecule has 0 atom stereocenters. The van der Waals surface area contributed by atoms with Crippen LogP contribution in [0.1, 0.15) is 17.3 Å². The highest BCUT2D eigenvalue weighted by molar-refractivity contribution is 14.1. The number of non-ortho nitro benzene ring substituents is 1. The molecule has 0 aromatic heterocycles. The van der Waals surface area contributed by atoms with Crippen LogP contribution in [-0.4, -0.2) is 30.6 Å². The van der Waals surface area contributed by atoms with Crippen molar-refractivity contribution in [2.75, 3.05) is 19.8 Å². The van der Waals surface area contributed by atoms with Crippen LogP contribution in [0.25, 0.3) is 0 Å². The van der Waals surface area contributed by atoms with Gasteiger partial charge < -0.3 is 10.1 Å². The van der Waals surface area contributed by atoms with Crippen molar-refractivity contribution < 1.29 is 14.5 Å². The molecule has 0 unspecified atom stereocenters. The Balaban J connectivity index is 2.09. The van der Waals surface area contributed by atoms with E-state index in [9.17, 15) is 14.9 Å². The second kappa shape index (κ2) is 5.41. The molecular weight excluding hydrogens is 363 g/mol. The number of nitro benzene ring substituents is 1. The van der Waals surface area contributed by atoms with Gasteiger partial charge in [0.2, 0.25) is 0 Å². The minimum Gasteiger partial charge on any atom is -0.380 e. The fraction of sp³-hybridized carbons (Fsp3) is 0.417. The summed E-state index contributed by atoms with van der Waals surface area (Å²) in [7, 11) is 0. The summed E-state index contributed by atoms with van der Waals surface area (Å²) in [4.78, 5) is 22.3. The van der Waals surface area contributed by atoms with Crippen molar-refractivity contribution in [3.8, 4) is 0 Å². The van der Waals surface area contributed by atoms with Crippen LogP contribution in [-0.2, 0) is 4.74 Å². The predicted octanol–water partition coefficient (Wildman–Crippen LogP) is 1.97. The topological polar surface area (TPSA) is 81.5 Å².